The van der Waals surface area contributed by atoms with Crippen LogP contribution < -0.4 is 0 Å². The second-order valence-electron chi connectivity index (χ2n) is 4.14. The molecule has 0 radical (unpaired) electrons. The van der Waals surface area contributed by atoms with Gasteiger partial charge in [-0.15, -0.1) is 0 Å². The van der Waals surface area contributed by atoms with E-state index >= 15 is 0 Å². The van der Waals surface area contributed by atoms with Gasteiger partial charge in [-0.25, -0.2) is 0 Å². The molecule has 1 aliphatic heterocycles. The molecule has 3 nitrogen and oxygen atoms in total. The van der Waals surface area contributed by atoms with Crippen molar-refractivity contribution in [1.82, 2.24) is 4.90 Å². The molecule has 1 saturated carbocycles. The molecule has 0 spiro atoms. The number of carbonyl (C=O) groups excluding carboxylic acids is 1. The van der Waals surface area contributed by atoms with Gasteiger partial charge in [0.2, 0.25) is 5.91 Å². The van der Waals surface area contributed by atoms with E-state index in [0.29, 0.717) is 17.3 Å². The van der Waals surface area contributed by atoms with Crippen molar-refractivity contribution in [1.29, 1.82) is 0 Å². The molecule has 0 aromatic heterocycles. The molecule has 80 valence electrons. The highest BCUT2D eigenvalue weighted by Crippen LogP contribution is 2.29. The molecule has 1 aliphatic carbocycles. The van der Waals surface area contributed by atoms with Gasteiger partial charge in [0, 0.05) is 25.1 Å². The Kier molecular flexibility index (Phi) is 3.44. The smallest absolute Gasteiger partial charge is 0.233 e. The SMILES string of the molecule is O=C(CBr)N(CC1CCOC1)C1CC1. The number of rotatable bonds is 4. The van der Waals surface area contributed by atoms with E-state index in [9.17, 15) is 4.79 Å². The summed E-state index contributed by atoms with van der Waals surface area (Å²) < 4.78 is 5.32. The van der Waals surface area contributed by atoms with Crippen LogP contribution in [0.5, 0.6) is 0 Å². The van der Waals surface area contributed by atoms with E-state index in [1.165, 1.54) is 12.8 Å². The third-order valence-corrected chi connectivity index (χ3v) is 3.38. The number of ether oxygens (including phenoxy) is 1. The molecular formula is C10H16BrNO2. The first-order valence-corrected chi connectivity index (χ1v) is 6.36. The van der Waals surface area contributed by atoms with E-state index in [1.807, 2.05) is 4.90 Å². The molecular weight excluding hydrogens is 246 g/mol. The Morgan fingerprint density at radius 3 is 2.71 bits per heavy atom. The van der Waals surface area contributed by atoms with Crippen LogP contribution in [0.3, 0.4) is 0 Å². The molecule has 2 fully saturated rings. The zero-order chi connectivity index (χ0) is 9.97. The van der Waals surface area contributed by atoms with Crippen LogP contribution in [-0.2, 0) is 9.53 Å². The topological polar surface area (TPSA) is 29.5 Å². The minimum atomic E-state index is 0.236. The number of nitrogens with zero attached hydrogens (tertiary/aromatic N) is 1. The van der Waals surface area contributed by atoms with E-state index in [1.54, 1.807) is 0 Å². The minimum Gasteiger partial charge on any atom is -0.381 e. The predicted molar refractivity (Wildman–Crippen MR) is 57.5 cm³/mol. The van der Waals surface area contributed by atoms with Gasteiger partial charge in [-0.1, -0.05) is 15.9 Å². The normalized spacial score (nSPS) is 26.5. The summed E-state index contributed by atoms with van der Waals surface area (Å²) in [6.45, 7) is 2.60. The van der Waals surface area contributed by atoms with E-state index in [2.05, 4.69) is 15.9 Å². The molecule has 4 heteroatoms. The van der Waals surface area contributed by atoms with Gasteiger partial charge in [0.1, 0.15) is 0 Å². The number of carbonyl (C=O) groups is 1. The lowest BCUT2D eigenvalue weighted by Gasteiger charge is -2.24. The summed E-state index contributed by atoms with van der Waals surface area (Å²) in [6.07, 6.45) is 3.48. The first-order chi connectivity index (χ1) is 6.81. The molecule has 1 atom stereocenters. The van der Waals surface area contributed by atoms with Crippen LogP contribution in [0.4, 0.5) is 0 Å². The summed E-state index contributed by atoms with van der Waals surface area (Å²) in [4.78, 5) is 13.7. The molecule has 1 heterocycles. The van der Waals surface area contributed by atoms with E-state index in [0.717, 1.165) is 26.2 Å². The lowest BCUT2D eigenvalue weighted by molar-refractivity contribution is -0.129. The van der Waals surface area contributed by atoms with Gasteiger partial charge < -0.3 is 9.64 Å². The average Bonchev–Trinajstić information content (AvgIpc) is 2.92. The van der Waals surface area contributed by atoms with Gasteiger partial charge in [0.25, 0.3) is 0 Å². The number of hydrogen-bond donors (Lipinski definition) is 0. The van der Waals surface area contributed by atoms with E-state index in [4.69, 9.17) is 4.74 Å². The molecule has 1 amide bonds. The molecule has 2 aliphatic rings. The maximum absolute atomic E-state index is 11.6. The highest BCUT2D eigenvalue weighted by atomic mass is 79.9. The lowest BCUT2D eigenvalue weighted by atomic mass is 10.1. The fourth-order valence-corrected chi connectivity index (χ4v) is 2.25. The van der Waals surface area contributed by atoms with Crippen molar-refractivity contribution in [2.45, 2.75) is 25.3 Å². The highest BCUT2D eigenvalue weighted by molar-refractivity contribution is 9.09. The summed E-state index contributed by atoms with van der Waals surface area (Å²) in [7, 11) is 0. The summed E-state index contributed by atoms with van der Waals surface area (Å²) in [5.41, 5.74) is 0. The predicted octanol–water partition coefficient (Wildman–Crippen LogP) is 1.41. The van der Waals surface area contributed by atoms with Crippen LogP contribution in [0.2, 0.25) is 0 Å². The van der Waals surface area contributed by atoms with Crippen LogP contribution in [0.25, 0.3) is 0 Å². The third kappa shape index (κ3) is 2.48. The lowest BCUT2D eigenvalue weighted by Crippen LogP contribution is -2.38. The Balaban J connectivity index is 1.86. The monoisotopic (exact) mass is 261 g/mol. The van der Waals surface area contributed by atoms with Gasteiger partial charge in [-0.05, 0) is 19.3 Å². The van der Waals surface area contributed by atoms with Gasteiger partial charge in [0.05, 0.1) is 11.9 Å². The third-order valence-electron chi connectivity index (χ3n) is 2.90. The Labute approximate surface area is 92.9 Å². The van der Waals surface area contributed by atoms with Crippen molar-refractivity contribution in [3.63, 3.8) is 0 Å². The number of hydrogen-bond acceptors (Lipinski definition) is 2. The second-order valence-corrected chi connectivity index (χ2v) is 4.70. The largest absolute Gasteiger partial charge is 0.381 e. The molecule has 0 aromatic carbocycles. The molecule has 0 N–H and O–H groups in total. The first kappa shape index (κ1) is 10.4. The van der Waals surface area contributed by atoms with E-state index < -0.39 is 0 Å². The minimum absolute atomic E-state index is 0.236. The molecule has 2 rings (SSSR count). The van der Waals surface area contributed by atoms with Gasteiger partial charge >= 0.3 is 0 Å². The van der Waals surface area contributed by atoms with Crippen molar-refractivity contribution < 1.29 is 9.53 Å². The van der Waals surface area contributed by atoms with Crippen molar-refractivity contribution in [2.75, 3.05) is 25.1 Å². The van der Waals surface area contributed by atoms with Crippen LogP contribution in [0.1, 0.15) is 19.3 Å². The fraction of sp³-hybridized carbons (Fsp3) is 0.900. The van der Waals surface area contributed by atoms with Crippen molar-refractivity contribution in [3.8, 4) is 0 Å². The second kappa shape index (κ2) is 4.62. The van der Waals surface area contributed by atoms with Gasteiger partial charge in [-0.2, -0.15) is 0 Å². The molecule has 1 unspecified atom stereocenters. The zero-order valence-electron chi connectivity index (χ0n) is 8.25. The Bertz CT molecular complexity index is 212. The standard InChI is InChI=1S/C10H16BrNO2/c11-5-10(13)12(9-1-2-9)6-8-3-4-14-7-8/h8-9H,1-7H2. The van der Waals surface area contributed by atoms with Crippen molar-refractivity contribution >= 4 is 21.8 Å². The van der Waals surface area contributed by atoms with Gasteiger partial charge in [0.15, 0.2) is 0 Å². The quantitative estimate of drug-likeness (QED) is 0.717. The van der Waals surface area contributed by atoms with Crippen LogP contribution in [-0.4, -0.2) is 41.9 Å². The summed E-state index contributed by atoms with van der Waals surface area (Å²) >= 11 is 3.24. The first-order valence-electron chi connectivity index (χ1n) is 5.24. The Morgan fingerprint density at radius 2 is 2.21 bits per heavy atom. The van der Waals surface area contributed by atoms with Crippen LogP contribution in [0, 0.1) is 5.92 Å². The maximum Gasteiger partial charge on any atom is 0.233 e. The molecule has 0 bridgehead atoms. The molecule has 1 saturated heterocycles. The van der Waals surface area contributed by atoms with Crippen LogP contribution >= 0.6 is 15.9 Å². The van der Waals surface area contributed by atoms with Crippen molar-refractivity contribution in [3.05, 3.63) is 0 Å². The summed E-state index contributed by atoms with van der Waals surface area (Å²) in [5, 5.41) is 0.455. The maximum atomic E-state index is 11.6. The highest BCUT2D eigenvalue weighted by Gasteiger charge is 2.34. The number of halogens is 1. The van der Waals surface area contributed by atoms with E-state index in [-0.39, 0.29) is 5.91 Å². The fourth-order valence-electron chi connectivity index (χ4n) is 1.92. The van der Waals surface area contributed by atoms with Crippen LogP contribution in [0.15, 0.2) is 0 Å². The zero-order valence-corrected chi connectivity index (χ0v) is 9.83. The van der Waals surface area contributed by atoms with Gasteiger partial charge in [-0.3, -0.25) is 4.79 Å². The Hall–Kier alpha value is -0.0900. The average molecular weight is 262 g/mol. The summed E-state index contributed by atoms with van der Waals surface area (Å²) in [6, 6.07) is 0.528. The molecule has 14 heavy (non-hydrogen) atoms. The molecule has 0 aromatic rings. The summed E-state index contributed by atoms with van der Waals surface area (Å²) in [5.74, 6) is 0.804. The number of alkyl halides is 1. The van der Waals surface area contributed by atoms with Crippen molar-refractivity contribution in [2.24, 2.45) is 5.92 Å². The number of amides is 1. The Morgan fingerprint density at radius 1 is 1.43 bits per heavy atom.